The molecular weight excluding hydrogens is 266 g/mol. The smallest absolute Gasteiger partial charge is 0.261 e. The number of ether oxygens (including phenoxy) is 1. The zero-order valence-corrected chi connectivity index (χ0v) is 13.2. The molecule has 1 aliphatic carbocycles. The first-order valence-electron chi connectivity index (χ1n) is 7.42. The summed E-state index contributed by atoms with van der Waals surface area (Å²) in [5.41, 5.74) is 1.38. The van der Waals surface area contributed by atoms with E-state index in [9.17, 15) is 9.59 Å². The number of hydrogen-bond acceptors (Lipinski definition) is 3. The zero-order valence-electron chi connectivity index (χ0n) is 13.2. The minimum Gasteiger partial charge on any atom is -0.481 e. The summed E-state index contributed by atoms with van der Waals surface area (Å²) in [4.78, 5) is 24.0. The van der Waals surface area contributed by atoms with Crippen LogP contribution in [0.1, 0.15) is 56.5 Å². The van der Waals surface area contributed by atoms with Crippen molar-refractivity contribution >= 4 is 11.7 Å². The lowest BCUT2D eigenvalue weighted by molar-refractivity contribution is -0.128. The largest absolute Gasteiger partial charge is 0.481 e. The average molecular weight is 289 g/mol. The highest BCUT2D eigenvalue weighted by Gasteiger charge is 2.24. The van der Waals surface area contributed by atoms with Crippen LogP contribution < -0.4 is 10.1 Å². The van der Waals surface area contributed by atoms with Crippen LogP contribution in [0.15, 0.2) is 18.2 Å². The number of nitrogens with one attached hydrogen (secondary N) is 1. The zero-order chi connectivity index (χ0) is 15.6. The SMILES string of the molecule is CC(Oc1cccc2c1CCCC2=O)C(=O)NC(C)(C)C. The Morgan fingerprint density at radius 3 is 2.67 bits per heavy atom. The molecule has 4 nitrogen and oxygen atoms in total. The summed E-state index contributed by atoms with van der Waals surface area (Å²) in [6.07, 6.45) is 1.67. The molecule has 1 aromatic rings. The maximum atomic E-state index is 12.1. The van der Waals surface area contributed by atoms with Crippen molar-refractivity contribution in [3.63, 3.8) is 0 Å². The lowest BCUT2D eigenvalue weighted by atomic mass is 9.90. The molecule has 1 amide bonds. The van der Waals surface area contributed by atoms with Crippen LogP contribution >= 0.6 is 0 Å². The number of fused-ring (bicyclic) bond motifs is 1. The van der Waals surface area contributed by atoms with E-state index in [1.54, 1.807) is 6.92 Å². The molecular formula is C17H23NO3. The number of carbonyl (C=O) groups excluding carboxylic acids is 2. The van der Waals surface area contributed by atoms with Gasteiger partial charge in [0.15, 0.2) is 11.9 Å². The van der Waals surface area contributed by atoms with Gasteiger partial charge in [-0.05, 0) is 46.6 Å². The van der Waals surface area contributed by atoms with Gasteiger partial charge in [-0.15, -0.1) is 0 Å². The highest BCUT2D eigenvalue weighted by molar-refractivity contribution is 5.99. The van der Waals surface area contributed by atoms with Gasteiger partial charge < -0.3 is 10.1 Å². The van der Waals surface area contributed by atoms with Crippen molar-refractivity contribution in [1.82, 2.24) is 5.32 Å². The van der Waals surface area contributed by atoms with Crippen LogP contribution in [0.25, 0.3) is 0 Å². The molecule has 1 aromatic carbocycles. The highest BCUT2D eigenvalue weighted by atomic mass is 16.5. The van der Waals surface area contributed by atoms with E-state index in [1.165, 1.54) is 0 Å². The Hall–Kier alpha value is -1.84. The average Bonchev–Trinajstić information content (AvgIpc) is 2.38. The Bertz CT molecular complexity index is 558. The lowest BCUT2D eigenvalue weighted by Crippen LogP contribution is -2.46. The maximum Gasteiger partial charge on any atom is 0.261 e. The minimum absolute atomic E-state index is 0.151. The van der Waals surface area contributed by atoms with Gasteiger partial charge in [0.2, 0.25) is 0 Å². The number of benzene rings is 1. The quantitative estimate of drug-likeness (QED) is 0.931. The predicted octanol–water partition coefficient (Wildman–Crippen LogP) is 2.89. The highest BCUT2D eigenvalue weighted by Crippen LogP contribution is 2.30. The molecule has 4 heteroatoms. The van der Waals surface area contributed by atoms with Crippen molar-refractivity contribution in [3.05, 3.63) is 29.3 Å². The molecule has 0 radical (unpaired) electrons. The molecule has 0 bridgehead atoms. The molecule has 0 spiro atoms. The fraction of sp³-hybridized carbons (Fsp3) is 0.529. The van der Waals surface area contributed by atoms with Gasteiger partial charge in [0, 0.05) is 23.1 Å². The van der Waals surface area contributed by atoms with E-state index in [0.717, 1.165) is 24.0 Å². The molecule has 0 aromatic heterocycles. The van der Waals surface area contributed by atoms with Crippen LogP contribution in [0, 0.1) is 0 Å². The van der Waals surface area contributed by atoms with E-state index in [2.05, 4.69) is 5.32 Å². The summed E-state index contributed by atoms with van der Waals surface area (Å²) >= 11 is 0. The monoisotopic (exact) mass is 289 g/mol. The normalized spacial score (nSPS) is 16.1. The Morgan fingerprint density at radius 1 is 1.29 bits per heavy atom. The van der Waals surface area contributed by atoms with Crippen LogP contribution in [0.2, 0.25) is 0 Å². The van der Waals surface area contributed by atoms with Gasteiger partial charge in [-0.1, -0.05) is 12.1 Å². The van der Waals surface area contributed by atoms with Crippen molar-refractivity contribution < 1.29 is 14.3 Å². The van der Waals surface area contributed by atoms with Gasteiger partial charge >= 0.3 is 0 Å². The number of rotatable bonds is 3. The number of hydrogen-bond donors (Lipinski definition) is 1. The number of Topliss-reactive ketones (excluding diaryl/α,β-unsaturated/α-hetero) is 1. The fourth-order valence-electron chi connectivity index (χ4n) is 2.47. The molecule has 0 aliphatic heterocycles. The first-order valence-corrected chi connectivity index (χ1v) is 7.42. The van der Waals surface area contributed by atoms with E-state index in [4.69, 9.17) is 4.74 Å². The van der Waals surface area contributed by atoms with E-state index in [-0.39, 0.29) is 17.2 Å². The molecule has 114 valence electrons. The fourth-order valence-corrected chi connectivity index (χ4v) is 2.47. The molecule has 1 unspecified atom stereocenters. The third kappa shape index (κ3) is 3.84. The van der Waals surface area contributed by atoms with E-state index in [1.807, 2.05) is 39.0 Å². The van der Waals surface area contributed by atoms with E-state index < -0.39 is 6.10 Å². The summed E-state index contributed by atoms with van der Waals surface area (Å²) in [6, 6.07) is 5.48. The lowest BCUT2D eigenvalue weighted by Gasteiger charge is -2.25. The van der Waals surface area contributed by atoms with Crippen molar-refractivity contribution in [2.24, 2.45) is 0 Å². The first-order chi connectivity index (χ1) is 9.78. The second-order valence-corrected chi connectivity index (χ2v) is 6.56. The summed E-state index contributed by atoms with van der Waals surface area (Å²) in [6.45, 7) is 7.52. The molecule has 21 heavy (non-hydrogen) atoms. The first kappa shape index (κ1) is 15.5. The van der Waals surface area contributed by atoms with Crippen molar-refractivity contribution in [3.8, 4) is 5.75 Å². The third-order valence-electron chi connectivity index (χ3n) is 3.44. The molecule has 2 rings (SSSR count). The molecule has 0 heterocycles. The summed E-state index contributed by atoms with van der Waals surface area (Å²) in [7, 11) is 0. The van der Waals surface area contributed by atoms with Gasteiger partial charge in [-0.3, -0.25) is 9.59 Å². The number of carbonyl (C=O) groups is 2. The summed E-state index contributed by atoms with van der Waals surface area (Å²) < 4.78 is 5.80. The second-order valence-electron chi connectivity index (χ2n) is 6.56. The maximum absolute atomic E-state index is 12.1. The Labute approximate surface area is 125 Å². The van der Waals surface area contributed by atoms with E-state index >= 15 is 0 Å². The van der Waals surface area contributed by atoms with Crippen LogP contribution in [0.4, 0.5) is 0 Å². The molecule has 0 saturated heterocycles. The molecule has 0 saturated carbocycles. The molecule has 0 fully saturated rings. The molecule has 1 N–H and O–H groups in total. The Balaban J connectivity index is 2.15. The molecule has 1 aliphatic rings. The number of ketones is 1. The Morgan fingerprint density at radius 2 is 2.00 bits per heavy atom. The van der Waals surface area contributed by atoms with Crippen LogP contribution in [-0.2, 0) is 11.2 Å². The standard InChI is InChI=1S/C17H23NO3/c1-11(16(20)18-17(2,3)4)21-15-10-6-7-12-13(15)8-5-9-14(12)19/h6-7,10-11H,5,8-9H2,1-4H3,(H,18,20). The van der Waals surface area contributed by atoms with Gasteiger partial charge in [-0.25, -0.2) is 0 Å². The van der Waals surface area contributed by atoms with E-state index in [0.29, 0.717) is 12.2 Å². The van der Waals surface area contributed by atoms with Crippen molar-refractivity contribution in [2.45, 2.75) is 58.6 Å². The van der Waals surface area contributed by atoms with Gasteiger partial charge in [0.05, 0.1) is 0 Å². The van der Waals surface area contributed by atoms with Crippen LogP contribution in [0.5, 0.6) is 5.75 Å². The predicted molar refractivity (Wildman–Crippen MR) is 81.7 cm³/mol. The van der Waals surface area contributed by atoms with Crippen molar-refractivity contribution in [2.75, 3.05) is 0 Å². The topological polar surface area (TPSA) is 55.4 Å². The van der Waals surface area contributed by atoms with Gasteiger partial charge in [0.25, 0.3) is 5.91 Å². The molecule has 1 atom stereocenters. The number of amides is 1. The minimum atomic E-state index is -0.590. The van der Waals surface area contributed by atoms with Crippen LogP contribution in [0.3, 0.4) is 0 Å². The summed E-state index contributed by atoms with van der Waals surface area (Å²) in [5, 5.41) is 2.90. The third-order valence-corrected chi connectivity index (χ3v) is 3.44. The van der Waals surface area contributed by atoms with Gasteiger partial charge in [-0.2, -0.15) is 0 Å². The van der Waals surface area contributed by atoms with Gasteiger partial charge in [0.1, 0.15) is 5.75 Å². The Kier molecular flexibility index (Phi) is 4.35. The van der Waals surface area contributed by atoms with Crippen molar-refractivity contribution in [1.29, 1.82) is 0 Å². The van der Waals surface area contributed by atoms with Crippen LogP contribution in [-0.4, -0.2) is 23.3 Å². The summed E-state index contributed by atoms with van der Waals surface area (Å²) in [5.74, 6) is 0.660. The second kappa shape index (κ2) is 5.88.